The summed E-state index contributed by atoms with van der Waals surface area (Å²) in [5.41, 5.74) is -0.232. The van der Waals surface area contributed by atoms with Crippen molar-refractivity contribution < 1.29 is 18.0 Å². The molecule has 1 unspecified atom stereocenters. The van der Waals surface area contributed by atoms with Crippen LogP contribution in [-0.2, 0) is 0 Å². The van der Waals surface area contributed by atoms with Crippen molar-refractivity contribution in [3.8, 4) is 0 Å². The summed E-state index contributed by atoms with van der Waals surface area (Å²) in [6, 6.07) is 4.93. The molecule has 0 saturated heterocycles. The van der Waals surface area contributed by atoms with E-state index in [0.29, 0.717) is 18.6 Å². The van der Waals surface area contributed by atoms with Crippen LogP contribution in [-0.4, -0.2) is 5.91 Å². The molecule has 2 rings (SSSR count). The van der Waals surface area contributed by atoms with Gasteiger partial charge in [-0.25, -0.2) is 13.2 Å². The second kappa shape index (κ2) is 6.76. The highest BCUT2D eigenvalue weighted by atomic mass is 32.1. The molecule has 1 heterocycles. The molecule has 1 N–H and O–H groups in total. The van der Waals surface area contributed by atoms with E-state index in [0.717, 1.165) is 11.3 Å². The van der Waals surface area contributed by atoms with E-state index in [-0.39, 0.29) is 11.6 Å². The summed E-state index contributed by atoms with van der Waals surface area (Å²) in [7, 11) is 0. The molecular weight excluding hydrogens is 299 g/mol. The van der Waals surface area contributed by atoms with Gasteiger partial charge in [0.1, 0.15) is 0 Å². The molecule has 0 radical (unpaired) electrons. The van der Waals surface area contributed by atoms with Gasteiger partial charge >= 0.3 is 0 Å². The molecule has 0 spiro atoms. The van der Waals surface area contributed by atoms with Gasteiger partial charge in [0.05, 0.1) is 6.04 Å². The number of benzene rings is 1. The first-order valence-electron chi connectivity index (χ1n) is 6.51. The number of hydrogen-bond donors (Lipinski definition) is 1. The van der Waals surface area contributed by atoms with Crippen molar-refractivity contribution in [3.05, 3.63) is 57.5 Å². The topological polar surface area (TPSA) is 29.1 Å². The maximum Gasteiger partial charge on any atom is 0.252 e. The molecule has 2 nitrogen and oxygen atoms in total. The van der Waals surface area contributed by atoms with Gasteiger partial charge in [0.25, 0.3) is 5.91 Å². The Hall–Kier alpha value is -1.82. The Bertz CT molecular complexity index is 605. The lowest BCUT2D eigenvalue weighted by atomic mass is 10.1. The van der Waals surface area contributed by atoms with E-state index in [1.165, 1.54) is 11.3 Å². The molecule has 1 aromatic carbocycles. The number of carbonyl (C=O) groups excluding carboxylic acids is 1. The number of amides is 1. The Labute approximate surface area is 124 Å². The lowest BCUT2D eigenvalue weighted by Gasteiger charge is -2.17. The van der Waals surface area contributed by atoms with Crippen LogP contribution in [0.15, 0.2) is 29.6 Å². The second-order valence-electron chi connectivity index (χ2n) is 4.58. The van der Waals surface area contributed by atoms with Crippen molar-refractivity contribution in [2.45, 2.75) is 25.8 Å². The normalized spacial score (nSPS) is 12.2. The number of carbonyl (C=O) groups is 1. The fourth-order valence-corrected chi connectivity index (χ4v) is 2.80. The third-order valence-corrected chi connectivity index (χ3v) is 4.00. The number of halogens is 3. The molecule has 1 atom stereocenters. The van der Waals surface area contributed by atoms with E-state index < -0.39 is 23.4 Å². The maximum atomic E-state index is 13.2. The summed E-state index contributed by atoms with van der Waals surface area (Å²) < 4.78 is 39.2. The average molecular weight is 313 g/mol. The van der Waals surface area contributed by atoms with Crippen LogP contribution in [0.5, 0.6) is 0 Å². The van der Waals surface area contributed by atoms with Crippen molar-refractivity contribution in [2.75, 3.05) is 0 Å². The fourth-order valence-electron chi connectivity index (χ4n) is 1.99. The quantitative estimate of drug-likeness (QED) is 0.813. The Morgan fingerprint density at radius 2 is 1.95 bits per heavy atom. The summed E-state index contributed by atoms with van der Waals surface area (Å²) in [6.45, 7) is 1.98. The monoisotopic (exact) mass is 313 g/mol. The molecule has 1 amide bonds. The molecule has 0 saturated carbocycles. The molecule has 6 heteroatoms. The summed E-state index contributed by atoms with van der Waals surface area (Å²) in [4.78, 5) is 13.0. The van der Waals surface area contributed by atoms with E-state index in [2.05, 4.69) is 5.32 Å². The van der Waals surface area contributed by atoms with Crippen LogP contribution >= 0.6 is 11.3 Å². The van der Waals surface area contributed by atoms with E-state index in [4.69, 9.17) is 0 Å². The van der Waals surface area contributed by atoms with Gasteiger partial charge in [0.15, 0.2) is 17.5 Å². The third-order valence-electron chi connectivity index (χ3n) is 3.02. The smallest absolute Gasteiger partial charge is 0.252 e. The third kappa shape index (κ3) is 3.64. The van der Waals surface area contributed by atoms with Gasteiger partial charge in [-0.05, 0) is 30.0 Å². The highest BCUT2D eigenvalue weighted by molar-refractivity contribution is 7.10. The highest BCUT2D eigenvalue weighted by Gasteiger charge is 2.19. The van der Waals surface area contributed by atoms with Gasteiger partial charge in [-0.2, -0.15) is 0 Å². The average Bonchev–Trinajstić information content (AvgIpc) is 2.97. The van der Waals surface area contributed by atoms with Crippen LogP contribution in [0.3, 0.4) is 0 Å². The molecule has 21 heavy (non-hydrogen) atoms. The van der Waals surface area contributed by atoms with Gasteiger partial charge in [-0.3, -0.25) is 4.79 Å². The van der Waals surface area contributed by atoms with Gasteiger partial charge in [0.2, 0.25) is 0 Å². The lowest BCUT2D eigenvalue weighted by molar-refractivity contribution is 0.0934. The molecule has 1 aromatic heterocycles. The fraction of sp³-hybridized carbons (Fsp3) is 0.267. The van der Waals surface area contributed by atoms with Crippen LogP contribution in [0.1, 0.15) is 41.0 Å². The van der Waals surface area contributed by atoms with Crippen molar-refractivity contribution in [2.24, 2.45) is 0 Å². The molecular formula is C15H14F3NOS. The van der Waals surface area contributed by atoms with Crippen LogP contribution < -0.4 is 5.32 Å². The van der Waals surface area contributed by atoms with Crippen molar-refractivity contribution in [1.82, 2.24) is 5.32 Å². The zero-order valence-corrected chi connectivity index (χ0v) is 12.1. The standard InChI is InChI=1S/C15H14F3NOS/c1-2-4-12(13-5-3-6-21-13)19-15(20)9-7-10(16)14(18)11(17)8-9/h3,5-8,12H,2,4H2,1H3,(H,19,20). The Kier molecular flexibility index (Phi) is 5.01. The molecule has 2 aromatic rings. The zero-order chi connectivity index (χ0) is 15.4. The predicted molar refractivity (Wildman–Crippen MR) is 75.8 cm³/mol. The molecule has 112 valence electrons. The van der Waals surface area contributed by atoms with Gasteiger partial charge in [-0.15, -0.1) is 11.3 Å². The summed E-state index contributed by atoms with van der Waals surface area (Å²) in [6.07, 6.45) is 1.55. The summed E-state index contributed by atoms with van der Waals surface area (Å²) >= 11 is 1.49. The Balaban J connectivity index is 2.19. The highest BCUT2D eigenvalue weighted by Crippen LogP contribution is 2.24. The van der Waals surface area contributed by atoms with Crippen LogP contribution in [0.4, 0.5) is 13.2 Å². The van der Waals surface area contributed by atoms with E-state index in [9.17, 15) is 18.0 Å². The predicted octanol–water partition coefficient (Wildman–Crippen LogP) is 4.44. The first kappa shape index (κ1) is 15.6. The molecule has 0 bridgehead atoms. The molecule has 0 fully saturated rings. The Morgan fingerprint density at radius 1 is 1.29 bits per heavy atom. The first-order valence-corrected chi connectivity index (χ1v) is 7.39. The number of rotatable bonds is 5. The van der Waals surface area contributed by atoms with E-state index in [1.54, 1.807) is 0 Å². The largest absolute Gasteiger partial charge is 0.344 e. The lowest BCUT2D eigenvalue weighted by Crippen LogP contribution is -2.28. The Morgan fingerprint density at radius 3 is 2.48 bits per heavy atom. The maximum absolute atomic E-state index is 13.2. The van der Waals surface area contributed by atoms with Crippen LogP contribution in [0, 0.1) is 17.5 Å². The molecule has 0 aliphatic carbocycles. The summed E-state index contributed by atoms with van der Waals surface area (Å²) in [5, 5.41) is 4.62. The van der Waals surface area contributed by atoms with E-state index in [1.807, 2.05) is 24.4 Å². The number of nitrogens with one attached hydrogen (secondary N) is 1. The van der Waals surface area contributed by atoms with E-state index >= 15 is 0 Å². The summed E-state index contributed by atoms with van der Waals surface area (Å²) in [5.74, 6) is -4.94. The minimum Gasteiger partial charge on any atom is -0.344 e. The minimum absolute atomic E-state index is 0.223. The van der Waals surface area contributed by atoms with Gasteiger partial charge < -0.3 is 5.32 Å². The SMILES string of the molecule is CCCC(NC(=O)c1cc(F)c(F)c(F)c1)c1cccs1. The van der Waals surface area contributed by atoms with Crippen molar-refractivity contribution in [1.29, 1.82) is 0 Å². The number of hydrogen-bond acceptors (Lipinski definition) is 2. The first-order chi connectivity index (χ1) is 10.0. The van der Waals surface area contributed by atoms with Crippen LogP contribution in [0.2, 0.25) is 0 Å². The molecule has 0 aliphatic rings. The molecule has 0 aliphatic heterocycles. The van der Waals surface area contributed by atoms with Crippen LogP contribution in [0.25, 0.3) is 0 Å². The number of thiophene rings is 1. The van der Waals surface area contributed by atoms with Gasteiger partial charge in [0, 0.05) is 10.4 Å². The van der Waals surface area contributed by atoms with Crippen molar-refractivity contribution in [3.63, 3.8) is 0 Å². The minimum atomic E-state index is -1.57. The van der Waals surface area contributed by atoms with Crippen molar-refractivity contribution >= 4 is 17.2 Å². The van der Waals surface area contributed by atoms with Gasteiger partial charge in [-0.1, -0.05) is 19.4 Å². The second-order valence-corrected chi connectivity index (χ2v) is 5.56. The zero-order valence-electron chi connectivity index (χ0n) is 11.3.